The van der Waals surface area contributed by atoms with Gasteiger partial charge in [-0.15, -0.1) is 0 Å². The number of benzene rings is 2. The second kappa shape index (κ2) is 12.9. The van der Waals surface area contributed by atoms with Crippen LogP contribution in [0.2, 0.25) is 0 Å². The minimum Gasteiger partial charge on any atom is -0.490 e. The Bertz CT molecular complexity index is 1030. The zero-order valence-corrected chi connectivity index (χ0v) is 19.1. The van der Waals surface area contributed by atoms with E-state index in [1.54, 1.807) is 12.3 Å². The number of carbonyl (C=O) groups excluding carboxylic acids is 1. The van der Waals surface area contributed by atoms with E-state index in [9.17, 15) is 4.79 Å². The van der Waals surface area contributed by atoms with Crippen molar-refractivity contribution in [2.75, 3.05) is 19.8 Å². The van der Waals surface area contributed by atoms with Crippen molar-refractivity contribution in [1.82, 2.24) is 10.3 Å². The molecule has 0 fully saturated rings. The first-order valence-corrected chi connectivity index (χ1v) is 11.1. The fraction of sp³-hybridized carbons (Fsp3) is 0.259. The van der Waals surface area contributed by atoms with Crippen molar-refractivity contribution in [1.29, 1.82) is 0 Å². The molecule has 0 bridgehead atoms. The maximum absolute atomic E-state index is 12.2. The lowest BCUT2D eigenvalue weighted by Crippen LogP contribution is -2.23. The van der Waals surface area contributed by atoms with Gasteiger partial charge in [-0.25, -0.2) is 0 Å². The molecule has 3 aromatic rings. The summed E-state index contributed by atoms with van der Waals surface area (Å²) in [6.07, 6.45) is 5.76. The molecule has 1 amide bonds. The lowest BCUT2D eigenvalue weighted by Gasteiger charge is -2.12. The number of aromatic nitrogens is 1. The Hall–Kier alpha value is -3.80. The number of amides is 1. The summed E-state index contributed by atoms with van der Waals surface area (Å²) < 4.78 is 17.0. The maximum atomic E-state index is 12.2. The SMILES string of the molecule is CCOc1ccc(CCNC(=O)/C=C/c2ccc(OCc3ccccn3)cc2)cc1OCC. The Kier molecular flexibility index (Phi) is 9.33. The van der Waals surface area contributed by atoms with Crippen LogP contribution in [0.4, 0.5) is 0 Å². The van der Waals surface area contributed by atoms with E-state index in [1.807, 2.05) is 74.5 Å². The van der Waals surface area contributed by atoms with Crippen molar-refractivity contribution in [3.05, 3.63) is 89.8 Å². The standard InChI is InChI=1S/C27H30N2O4/c1-3-31-25-14-10-22(19-26(25)32-4-2)16-18-29-27(30)15-11-21-8-12-24(13-9-21)33-20-23-7-5-6-17-28-23/h5-15,17,19H,3-4,16,18,20H2,1-2H3,(H,29,30)/b15-11+. The summed E-state index contributed by atoms with van der Waals surface area (Å²) in [7, 11) is 0. The normalized spacial score (nSPS) is 10.7. The van der Waals surface area contributed by atoms with Crippen LogP contribution < -0.4 is 19.5 Å². The molecule has 0 saturated heterocycles. The van der Waals surface area contributed by atoms with Crippen LogP contribution in [0.25, 0.3) is 6.08 Å². The average molecular weight is 447 g/mol. The first-order valence-electron chi connectivity index (χ1n) is 11.1. The van der Waals surface area contributed by atoms with Gasteiger partial charge in [0.15, 0.2) is 11.5 Å². The highest BCUT2D eigenvalue weighted by Gasteiger charge is 2.06. The maximum Gasteiger partial charge on any atom is 0.244 e. The molecule has 0 aliphatic rings. The first kappa shape index (κ1) is 23.9. The molecule has 0 saturated carbocycles. The molecular weight excluding hydrogens is 416 g/mol. The van der Waals surface area contributed by atoms with E-state index < -0.39 is 0 Å². The second-order valence-corrected chi connectivity index (χ2v) is 7.20. The van der Waals surface area contributed by atoms with E-state index in [0.29, 0.717) is 32.8 Å². The third-order valence-corrected chi connectivity index (χ3v) is 4.74. The molecule has 0 aliphatic carbocycles. The summed E-state index contributed by atoms with van der Waals surface area (Å²) in [5.74, 6) is 2.09. The molecule has 1 aromatic heterocycles. The van der Waals surface area contributed by atoms with Gasteiger partial charge in [-0.1, -0.05) is 24.3 Å². The summed E-state index contributed by atoms with van der Waals surface area (Å²) in [6, 6.07) is 19.2. The predicted molar refractivity (Wildman–Crippen MR) is 130 cm³/mol. The number of pyridine rings is 1. The third kappa shape index (κ3) is 8.00. The highest BCUT2D eigenvalue weighted by molar-refractivity contribution is 5.91. The number of nitrogens with one attached hydrogen (secondary N) is 1. The van der Waals surface area contributed by atoms with Gasteiger partial charge in [-0.3, -0.25) is 9.78 Å². The molecule has 172 valence electrons. The predicted octanol–water partition coefficient (Wildman–Crippen LogP) is 4.83. The smallest absolute Gasteiger partial charge is 0.244 e. The van der Waals surface area contributed by atoms with Crippen molar-refractivity contribution in [3.8, 4) is 17.2 Å². The van der Waals surface area contributed by atoms with Crippen molar-refractivity contribution in [2.24, 2.45) is 0 Å². The molecule has 3 rings (SSSR count). The minimum atomic E-state index is -0.138. The van der Waals surface area contributed by atoms with Crippen molar-refractivity contribution >= 4 is 12.0 Å². The van der Waals surface area contributed by atoms with Gasteiger partial charge in [0.1, 0.15) is 12.4 Å². The van der Waals surface area contributed by atoms with E-state index in [1.165, 1.54) is 6.08 Å². The zero-order chi connectivity index (χ0) is 23.3. The molecule has 6 heteroatoms. The Morgan fingerprint density at radius 2 is 1.73 bits per heavy atom. The van der Waals surface area contributed by atoms with E-state index in [4.69, 9.17) is 14.2 Å². The van der Waals surface area contributed by atoms with E-state index in [0.717, 1.165) is 34.1 Å². The van der Waals surface area contributed by atoms with Gasteiger partial charge in [-0.05, 0) is 73.9 Å². The van der Waals surface area contributed by atoms with Gasteiger partial charge < -0.3 is 19.5 Å². The summed E-state index contributed by atoms with van der Waals surface area (Å²) in [6.45, 7) is 5.99. The Balaban J connectivity index is 1.44. The summed E-state index contributed by atoms with van der Waals surface area (Å²) in [5, 5.41) is 2.91. The van der Waals surface area contributed by atoms with Gasteiger partial charge in [0.25, 0.3) is 0 Å². The number of ether oxygens (including phenoxy) is 3. The van der Waals surface area contributed by atoms with E-state index in [-0.39, 0.29) is 5.91 Å². The lowest BCUT2D eigenvalue weighted by atomic mass is 10.1. The van der Waals surface area contributed by atoms with Crippen molar-refractivity contribution < 1.29 is 19.0 Å². The molecule has 0 radical (unpaired) electrons. The third-order valence-electron chi connectivity index (χ3n) is 4.74. The molecule has 2 aromatic carbocycles. The number of nitrogens with zero attached hydrogens (tertiary/aromatic N) is 1. The van der Waals surface area contributed by atoms with Crippen LogP contribution in [0.5, 0.6) is 17.2 Å². The van der Waals surface area contributed by atoms with E-state index >= 15 is 0 Å². The van der Waals surface area contributed by atoms with Gasteiger partial charge in [0.2, 0.25) is 5.91 Å². The van der Waals surface area contributed by atoms with Gasteiger partial charge >= 0.3 is 0 Å². The van der Waals surface area contributed by atoms with E-state index in [2.05, 4.69) is 10.3 Å². The number of hydrogen-bond donors (Lipinski definition) is 1. The first-order chi connectivity index (χ1) is 16.2. The fourth-order valence-corrected chi connectivity index (χ4v) is 3.13. The molecular formula is C27H30N2O4. The van der Waals surface area contributed by atoms with Crippen LogP contribution in [0.1, 0.15) is 30.7 Å². The molecule has 1 N–H and O–H groups in total. The molecule has 1 heterocycles. The zero-order valence-electron chi connectivity index (χ0n) is 19.1. The van der Waals surface area contributed by atoms with Crippen LogP contribution in [-0.2, 0) is 17.8 Å². The summed E-state index contributed by atoms with van der Waals surface area (Å²) >= 11 is 0. The average Bonchev–Trinajstić information content (AvgIpc) is 2.84. The van der Waals surface area contributed by atoms with Crippen LogP contribution in [-0.4, -0.2) is 30.6 Å². The number of rotatable bonds is 12. The van der Waals surface area contributed by atoms with Crippen LogP contribution in [0.15, 0.2) is 72.9 Å². The topological polar surface area (TPSA) is 69.7 Å². The molecule has 0 spiro atoms. The van der Waals surface area contributed by atoms with Crippen LogP contribution in [0.3, 0.4) is 0 Å². The minimum absolute atomic E-state index is 0.138. The highest BCUT2D eigenvalue weighted by atomic mass is 16.5. The Labute approximate surface area is 195 Å². The largest absolute Gasteiger partial charge is 0.490 e. The van der Waals surface area contributed by atoms with Crippen molar-refractivity contribution in [2.45, 2.75) is 26.9 Å². The fourth-order valence-electron chi connectivity index (χ4n) is 3.13. The monoisotopic (exact) mass is 446 g/mol. The quantitative estimate of drug-likeness (QED) is 0.404. The highest BCUT2D eigenvalue weighted by Crippen LogP contribution is 2.28. The Morgan fingerprint density at radius 1 is 0.939 bits per heavy atom. The van der Waals surface area contributed by atoms with Crippen LogP contribution >= 0.6 is 0 Å². The number of hydrogen-bond acceptors (Lipinski definition) is 5. The summed E-state index contributed by atoms with van der Waals surface area (Å²) in [4.78, 5) is 16.4. The molecule has 0 atom stereocenters. The second-order valence-electron chi connectivity index (χ2n) is 7.20. The molecule has 0 unspecified atom stereocenters. The molecule has 6 nitrogen and oxygen atoms in total. The van der Waals surface area contributed by atoms with Gasteiger partial charge in [0.05, 0.1) is 18.9 Å². The van der Waals surface area contributed by atoms with Gasteiger partial charge in [0, 0.05) is 18.8 Å². The van der Waals surface area contributed by atoms with Gasteiger partial charge in [-0.2, -0.15) is 0 Å². The lowest BCUT2D eigenvalue weighted by molar-refractivity contribution is -0.116. The summed E-state index contributed by atoms with van der Waals surface area (Å²) in [5.41, 5.74) is 2.87. The Morgan fingerprint density at radius 3 is 2.45 bits per heavy atom. The van der Waals surface area contributed by atoms with Crippen LogP contribution in [0, 0.1) is 0 Å². The molecule has 0 aliphatic heterocycles. The van der Waals surface area contributed by atoms with Crippen molar-refractivity contribution in [3.63, 3.8) is 0 Å². The number of carbonyl (C=O) groups is 1. The molecule has 33 heavy (non-hydrogen) atoms.